The monoisotopic (exact) mass is 1370 g/mol. The first-order valence-electron chi connectivity index (χ1n) is 2.36. The Morgan fingerprint density at radius 3 is 0.895 bits per heavy atom. The molecule has 0 heterocycles. The smallest absolute Gasteiger partial charge is 0.311 e. The van der Waals surface area contributed by atoms with E-state index < -0.39 is 35.1 Å². The summed E-state index contributed by atoms with van der Waals surface area (Å²) < 4.78 is 58.9. The van der Waals surface area contributed by atoms with Gasteiger partial charge < -0.3 is 9.11 Å². The predicted octanol–water partition coefficient (Wildman–Crippen LogP) is -5.69. The fourth-order valence-corrected chi connectivity index (χ4v) is 4.90. The van der Waals surface area contributed by atoms with E-state index in [1.165, 1.54) is 0 Å². The molecule has 0 spiro atoms. The van der Waals surface area contributed by atoms with Gasteiger partial charge in [0.15, 0.2) is 0 Å². The average molecular weight is 1370 g/mol. The van der Waals surface area contributed by atoms with Gasteiger partial charge in [0.25, 0.3) is 0 Å². The van der Waals surface area contributed by atoms with Crippen molar-refractivity contribution in [2.24, 2.45) is 0 Å². The molecule has 0 atom stereocenters. The molecular weight excluding hydrogens is 1370 g/mol. The van der Waals surface area contributed by atoms with Crippen LogP contribution in [0.15, 0.2) is 0 Å². The largest absolute Gasteiger partial charge is 0.805 e. The first kappa shape index (κ1) is 33.3. The van der Waals surface area contributed by atoms with E-state index in [4.69, 9.17) is 0 Å². The Labute approximate surface area is 205 Å². The molecule has 0 aromatic rings. The molecule has 0 fully saturated rings. The summed E-state index contributed by atoms with van der Waals surface area (Å²) in [6, 6.07) is 0. The van der Waals surface area contributed by atoms with Crippen LogP contribution in [0.25, 0.3) is 0 Å². The Kier molecular flexibility index (Phi) is 51.6. The van der Waals surface area contributed by atoms with Crippen LogP contribution in [0.5, 0.6) is 0 Å². The zero-order chi connectivity index (χ0) is 16.4. The van der Waals surface area contributed by atoms with Crippen LogP contribution in [0.2, 0.25) is 0 Å². The van der Waals surface area contributed by atoms with E-state index in [-0.39, 0.29) is 0 Å². The maximum atomic E-state index is 10.1. The third-order valence-corrected chi connectivity index (χ3v) is 8.00. The molecular formula is I9O6S4-5. The van der Waals surface area contributed by atoms with Gasteiger partial charge in [-0.15, -0.1) is 0 Å². The standard InChI is InChI=1S/3I3.O6S4/c3*1-3-2;1-7(2)9(5)10(6)8(3)4/q3*-1;-2. The van der Waals surface area contributed by atoms with Crippen molar-refractivity contribution in [3.05, 3.63) is 0 Å². The molecule has 0 amide bonds. The molecule has 0 unspecified atom stereocenters. The summed E-state index contributed by atoms with van der Waals surface area (Å²) in [7, 11) is -12.0. The van der Waals surface area contributed by atoms with Gasteiger partial charge in [-0.05, 0) is 0 Å². The molecule has 0 radical (unpaired) electrons. The molecule has 19 heteroatoms. The Morgan fingerprint density at radius 2 is 0.842 bits per heavy atom. The second kappa shape index (κ2) is 29.5. The molecule has 0 aliphatic carbocycles. The number of hydrogen-bond donors (Lipinski definition) is 0. The fourth-order valence-electron chi connectivity index (χ4n) is 0.0907. The van der Waals surface area contributed by atoms with Crippen molar-refractivity contribution in [3.63, 3.8) is 0 Å². The van der Waals surface area contributed by atoms with E-state index in [2.05, 4.69) is 112 Å². The number of halogens is 9. The third kappa shape index (κ3) is 36.4. The van der Waals surface area contributed by atoms with Crippen molar-refractivity contribution in [3.8, 4) is 0 Å². The zero-order valence-electron chi connectivity index (χ0n) is 7.48. The molecule has 0 N–H and O–H groups in total. The minimum atomic E-state index is -3.13. The van der Waals surface area contributed by atoms with E-state index >= 15 is 0 Å². The Morgan fingerprint density at radius 1 is 0.632 bits per heavy atom. The van der Waals surface area contributed by atoms with Gasteiger partial charge in [-0.25, -0.2) is 4.21 Å². The van der Waals surface area contributed by atoms with Crippen LogP contribution in [-0.4, -0.2) is 25.9 Å². The summed E-state index contributed by atoms with van der Waals surface area (Å²) in [5.74, 6) is 0. The summed E-state index contributed by atoms with van der Waals surface area (Å²) in [5, 5.41) is 0. The maximum absolute atomic E-state index is 10.1. The van der Waals surface area contributed by atoms with Gasteiger partial charge in [-0.2, -0.15) is 12.6 Å². The molecule has 0 aliphatic heterocycles. The minimum absolute atomic E-state index is 0.530. The van der Waals surface area contributed by atoms with Gasteiger partial charge in [0.2, 0.25) is 7.92 Å². The van der Waals surface area contributed by atoms with Crippen LogP contribution >= 0.6 is 112 Å². The molecule has 128 valence electrons. The SMILES string of the molecule is I[I-]I.I[I-]I.I[I-]I.O=S(=O)=S(=O)=S(=O)=S([O-])[O-]. The first-order chi connectivity index (χ1) is 8.71. The van der Waals surface area contributed by atoms with Crippen LogP contribution in [0.3, 0.4) is 0 Å². The van der Waals surface area contributed by atoms with Gasteiger partial charge in [0.05, 0.1) is 0 Å². The Balaban J connectivity index is -0.000000103. The third-order valence-electron chi connectivity index (χ3n) is 0.333. The number of rotatable bonds is 0. The second-order valence-electron chi connectivity index (χ2n) is 0.978. The molecule has 0 aromatic heterocycles. The summed E-state index contributed by atoms with van der Waals surface area (Å²) >= 11 is 15.9. The molecule has 0 aliphatic rings. The van der Waals surface area contributed by atoms with Crippen molar-refractivity contribution < 1.29 is 65.7 Å². The zero-order valence-corrected chi connectivity index (χ0v) is 30.2. The number of hydrogen-bond acceptors (Lipinski definition) is 6. The van der Waals surface area contributed by atoms with E-state index in [0.29, 0.717) is 39.8 Å². The van der Waals surface area contributed by atoms with Crippen molar-refractivity contribution in [2.75, 3.05) is 0 Å². The topological polar surface area (TPSA) is 114 Å². The summed E-state index contributed by atoms with van der Waals surface area (Å²) in [4.78, 5) is 0. The molecule has 0 saturated heterocycles. The van der Waals surface area contributed by atoms with Crippen LogP contribution in [0, 0.1) is 0 Å². The van der Waals surface area contributed by atoms with Crippen molar-refractivity contribution in [2.45, 2.75) is 0 Å². The summed E-state index contributed by atoms with van der Waals surface area (Å²) in [5.41, 5.74) is 0. The Bertz CT molecular complexity index is 513. The van der Waals surface area contributed by atoms with Crippen molar-refractivity contribution >= 4 is 147 Å². The van der Waals surface area contributed by atoms with Crippen LogP contribution < -0.4 is 39.8 Å². The predicted molar refractivity (Wildman–Crippen MR) is 118 cm³/mol. The summed E-state index contributed by atoms with van der Waals surface area (Å²) in [6.45, 7) is 0. The van der Waals surface area contributed by atoms with Gasteiger partial charge in [0, 0.05) is 0 Å². The van der Waals surface area contributed by atoms with E-state index in [0.717, 1.165) is 0 Å². The molecule has 0 aromatic carbocycles. The molecule has 19 heavy (non-hydrogen) atoms. The normalized spacial score (nSPS) is 8.47. The van der Waals surface area contributed by atoms with Crippen molar-refractivity contribution in [1.82, 2.24) is 0 Å². The molecule has 0 saturated carbocycles. The summed E-state index contributed by atoms with van der Waals surface area (Å²) in [6.07, 6.45) is 0. The molecule has 6 nitrogen and oxygen atoms in total. The quantitative estimate of drug-likeness (QED) is 0.224. The van der Waals surface area contributed by atoms with Crippen molar-refractivity contribution in [1.29, 1.82) is 0 Å². The minimum Gasteiger partial charge on any atom is -0.805 e. The van der Waals surface area contributed by atoms with Gasteiger partial charge in [0.1, 0.15) is 7.92 Å². The van der Waals surface area contributed by atoms with Crippen LogP contribution in [0.4, 0.5) is 0 Å². The average Bonchev–Trinajstić information content (AvgIpc) is 2.30. The van der Waals surface area contributed by atoms with Crippen LogP contribution in [-0.2, 0) is 35.1 Å². The van der Waals surface area contributed by atoms with Gasteiger partial charge >= 0.3 is 161 Å². The van der Waals surface area contributed by atoms with E-state index in [9.17, 15) is 25.9 Å². The molecule has 0 bridgehead atoms. The fraction of sp³-hybridized carbons (Fsp3) is 0. The maximum Gasteiger partial charge on any atom is 0.311 e. The first-order valence-corrected chi connectivity index (χ1v) is 46.1. The van der Waals surface area contributed by atoms with Gasteiger partial charge in [-0.3, -0.25) is 10.0 Å². The van der Waals surface area contributed by atoms with Gasteiger partial charge in [-0.1, -0.05) is 0 Å². The second-order valence-corrected chi connectivity index (χ2v) is 57.9. The Hall–Kier alpha value is 6.70. The van der Waals surface area contributed by atoms with E-state index in [1.54, 1.807) is 0 Å². The van der Waals surface area contributed by atoms with Crippen LogP contribution in [0.1, 0.15) is 0 Å². The van der Waals surface area contributed by atoms with E-state index in [1.807, 2.05) is 0 Å². The molecule has 0 rings (SSSR count).